The van der Waals surface area contributed by atoms with Crippen LogP contribution < -0.4 is 16.4 Å². The van der Waals surface area contributed by atoms with Crippen LogP contribution in [-0.4, -0.2) is 23.9 Å². The van der Waals surface area contributed by atoms with E-state index in [1.807, 2.05) is 19.9 Å². The molecule has 0 saturated heterocycles. The van der Waals surface area contributed by atoms with Gasteiger partial charge in [0, 0.05) is 18.2 Å². The first kappa shape index (κ1) is 19.4. The van der Waals surface area contributed by atoms with E-state index in [-0.39, 0.29) is 30.3 Å². The van der Waals surface area contributed by atoms with Crippen molar-refractivity contribution in [3.8, 4) is 0 Å². The number of rotatable bonds is 6. The SMILES string of the molecule is CCC(C)NC(=O)c1cccc(CNC(=O)[C@@H](C)N)c1.Cl. The summed E-state index contributed by atoms with van der Waals surface area (Å²) in [5, 5.41) is 5.63. The molecule has 0 radical (unpaired) electrons. The van der Waals surface area contributed by atoms with Crippen molar-refractivity contribution in [2.24, 2.45) is 5.73 Å². The van der Waals surface area contributed by atoms with E-state index in [0.717, 1.165) is 12.0 Å². The molecule has 1 aromatic carbocycles. The van der Waals surface area contributed by atoms with Crippen LogP contribution in [0.2, 0.25) is 0 Å². The second kappa shape index (κ2) is 9.37. The zero-order valence-electron chi connectivity index (χ0n) is 12.7. The molecule has 0 bridgehead atoms. The molecule has 0 spiro atoms. The van der Waals surface area contributed by atoms with Crippen LogP contribution in [0.15, 0.2) is 24.3 Å². The lowest BCUT2D eigenvalue weighted by Crippen LogP contribution is -2.37. The van der Waals surface area contributed by atoms with Crippen LogP contribution in [0.5, 0.6) is 0 Å². The highest BCUT2D eigenvalue weighted by Gasteiger charge is 2.10. The van der Waals surface area contributed by atoms with Gasteiger partial charge in [-0.2, -0.15) is 0 Å². The maximum absolute atomic E-state index is 12.0. The molecule has 1 rings (SSSR count). The summed E-state index contributed by atoms with van der Waals surface area (Å²) < 4.78 is 0. The number of carbonyl (C=O) groups excluding carboxylic acids is 2. The van der Waals surface area contributed by atoms with Gasteiger partial charge in [0.1, 0.15) is 0 Å². The molecule has 0 aliphatic carbocycles. The predicted octanol–water partition coefficient (Wildman–Crippen LogP) is 1.60. The Balaban J connectivity index is 0.00000400. The molecule has 2 atom stereocenters. The Bertz CT molecular complexity index is 478. The smallest absolute Gasteiger partial charge is 0.251 e. The van der Waals surface area contributed by atoms with Gasteiger partial charge in [0.2, 0.25) is 5.91 Å². The number of carbonyl (C=O) groups is 2. The molecule has 0 aliphatic heterocycles. The van der Waals surface area contributed by atoms with Gasteiger partial charge in [-0.25, -0.2) is 0 Å². The van der Waals surface area contributed by atoms with Gasteiger partial charge in [-0.1, -0.05) is 19.1 Å². The van der Waals surface area contributed by atoms with Gasteiger partial charge in [0.05, 0.1) is 6.04 Å². The van der Waals surface area contributed by atoms with E-state index in [1.54, 1.807) is 25.1 Å². The standard InChI is InChI=1S/C15H23N3O2.ClH/c1-4-10(2)18-15(20)13-7-5-6-12(8-13)9-17-14(19)11(3)16;/h5-8,10-11H,4,9,16H2,1-3H3,(H,17,19)(H,18,20);1H/t10?,11-;/m1./s1. The van der Waals surface area contributed by atoms with Gasteiger partial charge in [-0.3, -0.25) is 9.59 Å². The molecule has 2 amide bonds. The molecule has 21 heavy (non-hydrogen) atoms. The van der Waals surface area contributed by atoms with E-state index in [0.29, 0.717) is 12.1 Å². The van der Waals surface area contributed by atoms with Gasteiger partial charge in [-0.15, -0.1) is 12.4 Å². The summed E-state index contributed by atoms with van der Waals surface area (Å²) in [6, 6.07) is 6.81. The Kier molecular flexibility index (Phi) is 8.66. The lowest BCUT2D eigenvalue weighted by atomic mass is 10.1. The average Bonchev–Trinajstić information content (AvgIpc) is 2.44. The molecule has 1 aromatic rings. The summed E-state index contributed by atoms with van der Waals surface area (Å²) >= 11 is 0. The van der Waals surface area contributed by atoms with E-state index in [9.17, 15) is 9.59 Å². The van der Waals surface area contributed by atoms with Crippen LogP contribution >= 0.6 is 12.4 Å². The zero-order chi connectivity index (χ0) is 15.1. The molecule has 0 aromatic heterocycles. The fourth-order valence-corrected chi connectivity index (χ4v) is 1.58. The van der Waals surface area contributed by atoms with Crippen LogP contribution in [0.1, 0.15) is 43.1 Å². The third-order valence-electron chi connectivity index (χ3n) is 3.06. The van der Waals surface area contributed by atoms with Crippen molar-refractivity contribution >= 4 is 24.2 Å². The summed E-state index contributed by atoms with van der Waals surface area (Å²) in [6.07, 6.45) is 0.885. The monoisotopic (exact) mass is 313 g/mol. The first-order valence-corrected chi connectivity index (χ1v) is 6.87. The summed E-state index contributed by atoms with van der Waals surface area (Å²) in [6.45, 7) is 5.98. The number of nitrogens with two attached hydrogens (primary N) is 1. The number of amides is 2. The molecule has 0 aliphatic rings. The zero-order valence-corrected chi connectivity index (χ0v) is 13.5. The molecule has 4 N–H and O–H groups in total. The average molecular weight is 314 g/mol. The summed E-state index contributed by atoms with van der Waals surface area (Å²) in [4.78, 5) is 23.4. The maximum Gasteiger partial charge on any atom is 0.251 e. The third-order valence-corrected chi connectivity index (χ3v) is 3.06. The highest BCUT2D eigenvalue weighted by atomic mass is 35.5. The quantitative estimate of drug-likeness (QED) is 0.746. The molecule has 118 valence electrons. The van der Waals surface area contributed by atoms with Crippen molar-refractivity contribution in [1.29, 1.82) is 0 Å². The first-order chi connectivity index (χ1) is 9.43. The van der Waals surface area contributed by atoms with Gasteiger partial charge in [0.15, 0.2) is 0 Å². The molecule has 0 heterocycles. The third kappa shape index (κ3) is 6.60. The maximum atomic E-state index is 12.0. The Morgan fingerprint density at radius 2 is 1.95 bits per heavy atom. The lowest BCUT2D eigenvalue weighted by molar-refractivity contribution is -0.122. The number of nitrogens with one attached hydrogen (secondary N) is 2. The molecular weight excluding hydrogens is 290 g/mol. The highest BCUT2D eigenvalue weighted by molar-refractivity contribution is 5.94. The number of benzene rings is 1. The Labute approximate surface area is 132 Å². The summed E-state index contributed by atoms with van der Waals surface area (Å²) in [5.74, 6) is -0.306. The van der Waals surface area contributed by atoms with Gasteiger partial charge in [-0.05, 0) is 38.0 Å². The fraction of sp³-hybridized carbons (Fsp3) is 0.467. The van der Waals surface area contributed by atoms with E-state index in [1.165, 1.54) is 0 Å². The lowest BCUT2D eigenvalue weighted by Gasteiger charge is -2.12. The van der Waals surface area contributed by atoms with E-state index in [4.69, 9.17) is 5.73 Å². The van der Waals surface area contributed by atoms with Crippen LogP contribution in [0.25, 0.3) is 0 Å². The Morgan fingerprint density at radius 1 is 1.29 bits per heavy atom. The minimum absolute atomic E-state index is 0. The van der Waals surface area contributed by atoms with Crippen molar-refractivity contribution in [3.05, 3.63) is 35.4 Å². The van der Waals surface area contributed by atoms with Crippen molar-refractivity contribution in [2.45, 2.75) is 45.8 Å². The summed E-state index contributed by atoms with van der Waals surface area (Å²) in [5.41, 5.74) is 6.94. The molecule has 6 heteroatoms. The number of hydrogen-bond acceptors (Lipinski definition) is 3. The van der Waals surface area contributed by atoms with Crippen LogP contribution in [0.4, 0.5) is 0 Å². The largest absolute Gasteiger partial charge is 0.351 e. The van der Waals surface area contributed by atoms with Crippen molar-refractivity contribution in [1.82, 2.24) is 10.6 Å². The molecule has 0 saturated carbocycles. The van der Waals surface area contributed by atoms with Gasteiger partial charge in [0.25, 0.3) is 5.91 Å². The predicted molar refractivity (Wildman–Crippen MR) is 86.4 cm³/mol. The number of hydrogen-bond donors (Lipinski definition) is 3. The van der Waals surface area contributed by atoms with Crippen LogP contribution in [0.3, 0.4) is 0 Å². The van der Waals surface area contributed by atoms with Crippen LogP contribution in [-0.2, 0) is 11.3 Å². The topological polar surface area (TPSA) is 84.2 Å². The van der Waals surface area contributed by atoms with Crippen molar-refractivity contribution < 1.29 is 9.59 Å². The molecule has 5 nitrogen and oxygen atoms in total. The minimum atomic E-state index is -0.535. The fourth-order valence-electron chi connectivity index (χ4n) is 1.58. The first-order valence-electron chi connectivity index (χ1n) is 6.87. The van der Waals surface area contributed by atoms with E-state index < -0.39 is 6.04 Å². The van der Waals surface area contributed by atoms with Crippen molar-refractivity contribution in [3.63, 3.8) is 0 Å². The highest BCUT2D eigenvalue weighted by Crippen LogP contribution is 2.06. The second-order valence-electron chi connectivity index (χ2n) is 4.99. The molecular formula is C15H24ClN3O2. The second-order valence-corrected chi connectivity index (χ2v) is 4.99. The van der Waals surface area contributed by atoms with E-state index >= 15 is 0 Å². The minimum Gasteiger partial charge on any atom is -0.351 e. The number of halogens is 1. The van der Waals surface area contributed by atoms with E-state index in [2.05, 4.69) is 10.6 Å². The van der Waals surface area contributed by atoms with Gasteiger partial charge >= 0.3 is 0 Å². The normalized spacial score (nSPS) is 12.8. The van der Waals surface area contributed by atoms with Gasteiger partial charge < -0.3 is 16.4 Å². The summed E-state index contributed by atoms with van der Waals surface area (Å²) in [7, 11) is 0. The molecule has 1 unspecified atom stereocenters. The Hall–Kier alpha value is -1.59. The molecule has 0 fully saturated rings. The Morgan fingerprint density at radius 3 is 2.52 bits per heavy atom. The van der Waals surface area contributed by atoms with Crippen molar-refractivity contribution in [2.75, 3.05) is 0 Å². The van der Waals surface area contributed by atoms with Crippen LogP contribution in [0, 0.1) is 0 Å².